The lowest BCUT2D eigenvalue weighted by Crippen LogP contribution is -2.46. The van der Waals surface area contributed by atoms with Gasteiger partial charge in [0.25, 0.3) is 0 Å². The van der Waals surface area contributed by atoms with Crippen LogP contribution in [0, 0.1) is 5.92 Å². The van der Waals surface area contributed by atoms with Crippen LogP contribution in [0.4, 0.5) is 5.69 Å². The monoisotopic (exact) mass is 292 g/mol. The zero-order valence-corrected chi connectivity index (χ0v) is 12.9. The second-order valence-electron chi connectivity index (χ2n) is 5.36. The molecule has 1 aromatic rings. The molecule has 116 valence electrons. The first kappa shape index (κ1) is 15.6. The molecule has 0 aliphatic carbocycles. The maximum Gasteiger partial charge on any atom is 0.241 e. The van der Waals surface area contributed by atoms with E-state index in [2.05, 4.69) is 17.6 Å². The second-order valence-corrected chi connectivity index (χ2v) is 5.36. The van der Waals surface area contributed by atoms with E-state index in [4.69, 9.17) is 9.47 Å². The van der Waals surface area contributed by atoms with Crippen LogP contribution >= 0.6 is 0 Å². The third-order valence-electron chi connectivity index (χ3n) is 4.06. The summed E-state index contributed by atoms with van der Waals surface area (Å²) in [6, 6.07) is 5.27. The number of carbonyl (C=O) groups excluding carboxylic acids is 1. The number of carbonyl (C=O) groups is 1. The van der Waals surface area contributed by atoms with Crippen molar-refractivity contribution in [1.29, 1.82) is 0 Å². The van der Waals surface area contributed by atoms with Crippen molar-refractivity contribution in [2.24, 2.45) is 5.92 Å². The standard InChI is InChI=1S/C16H24N2O3/c1-4-11-7-8-17-13(9-11)16(19)18-12-5-6-14(20-2)15(10-12)21-3/h5-6,10-11,13,17H,4,7-9H2,1-3H3,(H,18,19). The predicted octanol–water partition coefficient (Wildman–Crippen LogP) is 2.42. The molecule has 5 heteroatoms. The van der Waals surface area contributed by atoms with Gasteiger partial charge in [-0.25, -0.2) is 0 Å². The van der Waals surface area contributed by atoms with Crippen molar-refractivity contribution in [1.82, 2.24) is 5.32 Å². The summed E-state index contributed by atoms with van der Waals surface area (Å²) >= 11 is 0. The van der Waals surface area contributed by atoms with Crippen molar-refractivity contribution in [3.63, 3.8) is 0 Å². The van der Waals surface area contributed by atoms with E-state index in [1.807, 2.05) is 6.07 Å². The van der Waals surface area contributed by atoms with Gasteiger partial charge >= 0.3 is 0 Å². The number of hydrogen-bond donors (Lipinski definition) is 2. The fraction of sp³-hybridized carbons (Fsp3) is 0.562. The van der Waals surface area contributed by atoms with Crippen LogP contribution in [0.1, 0.15) is 26.2 Å². The lowest BCUT2D eigenvalue weighted by molar-refractivity contribution is -0.119. The number of amides is 1. The molecular weight excluding hydrogens is 268 g/mol. The Bertz CT molecular complexity index is 490. The topological polar surface area (TPSA) is 59.6 Å². The molecule has 1 aliphatic heterocycles. The number of rotatable bonds is 5. The summed E-state index contributed by atoms with van der Waals surface area (Å²) in [5.41, 5.74) is 0.720. The molecule has 1 aliphatic rings. The maximum atomic E-state index is 12.3. The molecule has 0 aromatic heterocycles. The smallest absolute Gasteiger partial charge is 0.241 e. The molecule has 0 bridgehead atoms. The average Bonchev–Trinajstić information content (AvgIpc) is 2.54. The minimum absolute atomic E-state index is 0.0142. The van der Waals surface area contributed by atoms with E-state index in [0.29, 0.717) is 17.4 Å². The molecule has 2 rings (SSSR count). The molecule has 1 heterocycles. The summed E-state index contributed by atoms with van der Waals surface area (Å²) in [6.07, 6.45) is 3.17. The van der Waals surface area contributed by atoms with Crippen LogP contribution in [0.5, 0.6) is 11.5 Å². The summed E-state index contributed by atoms with van der Waals surface area (Å²) < 4.78 is 10.4. The largest absolute Gasteiger partial charge is 0.493 e. The summed E-state index contributed by atoms with van der Waals surface area (Å²) in [5.74, 6) is 1.91. The summed E-state index contributed by atoms with van der Waals surface area (Å²) in [4.78, 5) is 12.3. The third kappa shape index (κ3) is 3.88. The molecule has 0 spiro atoms. The van der Waals surface area contributed by atoms with Crippen LogP contribution in [-0.2, 0) is 4.79 Å². The van der Waals surface area contributed by atoms with Gasteiger partial charge in [0.05, 0.1) is 20.3 Å². The highest BCUT2D eigenvalue weighted by molar-refractivity contribution is 5.95. The molecule has 0 saturated carbocycles. The quantitative estimate of drug-likeness (QED) is 0.875. The van der Waals surface area contributed by atoms with Gasteiger partial charge in [-0.15, -0.1) is 0 Å². The normalized spacial score (nSPS) is 21.7. The van der Waals surface area contributed by atoms with Crippen LogP contribution in [-0.4, -0.2) is 32.7 Å². The molecule has 2 N–H and O–H groups in total. The number of nitrogens with one attached hydrogen (secondary N) is 2. The minimum Gasteiger partial charge on any atom is -0.493 e. The maximum absolute atomic E-state index is 12.3. The Hall–Kier alpha value is -1.75. The highest BCUT2D eigenvalue weighted by Crippen LogP contribution is 2.30. The van der Waals surface area contributed by atoms with Gasteiger partial charge in [-0.1, -0.05) is 13.3 Å². The van der Waals surface area contributed by atoms with Crippen molar-refractivity contribution >= 4 is 11.6 Å². The Balaban J connectivity index is 2.02. The highest BCUT2D eigenvalue weighted by atomic mass is 16.5. The molecule has 5 nitrogen and oxygen atoms in total. The van der Waals surface area contributed by atoms with Crippen LogP contribution in [0.25, 0.3) is 0 Å². The van der Waals surface area contributed by atoms with E-state index in [1.165, 1.54) is 0 Å². The number of benzene rings is 1. The van der Waals surface area contributed by atoms with E-state index in [-0.39, 0.29) is 11.9 Å². The third-order valence-corrected chi connectivity index (χ3v) is 4.06. The van der Waals surface area contributed by atoms with Crippen molar-refractivity contribution < 1.29 is 14.3 Å². The number of methoxy groups -OCH3 is 2. The molecule has 1 amide bonds. The van der Waals surface area contributed by atoms with Gasteiger partial charge in [-0.05, 0) is 37.4 Å². The van der Waals surface area contributed by atoms with Gasteiger partial charge in [0, 0.05) is 11.8 Å². The Morgan fingerprint density at radius 1 is 1.33 bits per heavy atom. The first-order valence-electron chi connectivity index (χ1n) is 7.44. The Morgan fingerprint density at radius 3 is 2.76 bits per heavy atom. The lowest BCUT2D eigenvalue weighted by Gasteiger charge is -2.28. The highest BCUT2D eigenvalue weighted by Gasteiger charge is 2.26. The van der Waals surface area contributed by atoms with Crippen LogP contribution in [0.15, 0.2) is 18.2 Å². The minimum atomic E-state index is -0.114. The zero-order chi connectivity index (χ0) is 15.2. The molecule has 1 fully saturated rings. The van der Waals surface area contributed by atoms with Gasteiger partial charge in [0.1, 0.15) is 0 Å². The Kier molecular flexibility index (Phi) is 5.44. The van der Waals surface area contributed by atoms with E-state index in [9.17, 15) is 4.79 Å². The van der Waals surface area contributed by atoms with E-state index >= 15 is 0 Å². The number of piperidine rings is 1. The number of anilines is 1. The predicted molar refractivity (Wildman–Crippen MR) is 83.0 cm³/mol. The molecule has 1 saturated heterocycles. The molecule has 0 radical (unpaired) electrons. The van der Waals surface area contributed by atoms with Gasteiger partial charge in [-0.2, -0.15) is 0 Å². The molecule has 2 atom stereocenters. The fourth-order valence-corrected chi connectivity index (χ4v) is 2.71. The summed E-state index contributed by atoms with van der Waals surface area (Å²) in [7, 11) is 3.17. The molecule has 2 unspecified atom stereocenters. The van der Waals surface area contributed by atoms with Gasteiger partial charge < -0.3 is 20.1 Å². The van der Waals surface area contributed by atoms with Crippen LogP contribution in [0.2, 0.25) is 0 Å². The SMILES string of the molecule is CCC1CCNC(C(=O)Nc2ccc(OC)c(OC)c2)C1. The first-order valence-corrected chi connectivity index (χ1v) is 7.44. The second kappa shape index (κ2) is 7.31. The molecular formula is C16H24N2O3. The van der Waals surface area contributed by atoms with Crippen molar-refractivity contribution in [2.45, 2.75) is 32.2 Å². The number of ether oxygens (including phenoxy) is 2. The van der Waals surface area contributed by atoms with E-state index in [0.717, 1.165) is 31.5 Å². The number of hydrogen-bond acceptors (Lipinski definition) is 4. The fourth-order valence-electron chi connectivity index (χ4n) is 2.71. The molecule has 1 aromatic carbocycles. The Labute approximate surface area is 126 Å². The summed E-state index contributed by atoms with van der Waals surface area (Å²) in [5, 5.41) is 6.23. The van der Waals surface area contributed by atoms with Crippen molar-refractivity contribution in [3.05, 3.63) is 18.2 Å². The zero-order valence-electron chi connectivity index (χ0n) is 12.9. The van der Waals surface area contributed by atoms with Crippen LogP contribution in [0.3, 0.4) is 0 Å². The van der Waals surface area contributed by atoms with Gasteiger partial charge in [0.2, 0.25) is 5.91 Å². The first-order chi connectivity index (χ1) is 10.2. The Morgan fingerprint density at radius 2 is 2.10 bits per heavy atom. The van der Waals surface area contributed by atoms with E-state index < -0.39 is 0 Å². The summed E-state index contributed by atoms with van der Waals surface area (Å²) in [6.45, 7) is 3.09. The van der Waals surface area contributed by atoms with Gasteiger partial charge in [0.15, 0.2) is 11.5 Å². The molecule has 21 heavy (non-hydrogen) atoms. The van der Waals surface area contributed by atoms with Gasteiger partial charge in [-0.3, -0.25) is 4.79 Å². The van der Waals surface area contributed by atoms with E-state index in [1.54, 1.807) is 26.4 Å². The lowest BCUT2D eigenvalue weighted by atomic mass is 9.90. The van der Waals surface area contributed by atoms with Crippen molar-refractivity contribution in [3.8, 4) is 11.5 Å². The van der Waals surface area contributed by atoms with Crippen molar-refractivity contribution in [2.75, 3.05) is 26.1 Å². The average molecular weight is 292 g/mol. The van der Waals surface area contributed by atoms with Crippen LogP contribution < -0.4 is 20.1 Å².